The second-order valence-corrected chi connectivity index (χ2v) is 6.38. The van der Waals surface area contributed by atoms with E-state index in [4.69, 9.17) is 0 Å². The fraction of sp³-hybridized carbons (Fsp3) is 0.0909. The fourth-order valence-corrected chi connectivity index (χ4v) is 3.35. The van der Waals surface area contributed by atoms with Crippen molar-refractivity contribution in [1.29, 1.82) is 0 Å². The predicted molar refractivity (Wildman–Crippen MR) is 98.9 cm³/mol. The second kappa shape index (κ2) is 5.71. The number of carbonyl (C=O) groups is 2. The van der Waals surface area contributed by atoms with E-state index in [-0.39, 0.29) is 11.6 Å². The smallest absolute Gasteiger partial charge is 0.196 e. The third-order valence-corrected chi connectivity index (χ3v) is 4.60. The molecule has 0 saturated heterocycles. The van der Waals surface area contributed by atoms with E-state index in [1.165, 1.54) is 5.56 Å². The van der Waals surface area contributed by atoms with Crippen molar-refractivity contribution >= 4 is 22.9 Å². The molecule has 3 aromatic carbocycles. The molecule has 0 aliphatic heterocycles. The Balaban J connectivity index is 1.85. The summed E-state index contributed by atoms with van der Waals surface area (Å²) in [4.78, 5) is 25.8. The van der Waals surface area contributed by atoms with Crippen LogP contribution in [0.15, 0.2) is 60.7 Å². The quantitative estimate of drug-likeness (QED) is 0.574. The molecule has 0 amide bonds. The minimum absolute atomic E-state index is 0.102. The van der Waals surface area contributed by atoms with Gasteiger partial charge in [-0.25, -0.2) is 0 Å². The summed E-state index contributed by atoms with van der Waals surface area (Å²) in [5, 5.41) is 3.34. The number of rotatable bonds is 2. The van der Waals surface area contributed by atoms with Crippen molar-refractivity contribution in [2.45, 2.75) is 13.8 Å². The molecule has 0 heterocycles. The maximum absolute atomic E-state index is 13.0. The van der Waals surface area contributed by atoms with E-state index in [0.717, 1.165) is 11.3 Å². The van der Waals surface area contributed by atoms with E-state index in [1.54, 1.807) is 30.3 Å². The zero-order valence-corrected chi connectivity index (χ0v) is 14.1. The van der Waals surface area contributed by atoms with Crippen LogP contribution in [0.2, 0.25) is 0 Å². The van der Waals surface area contributed by atoms with Gasteiger partial charge < -0.3 is 5.32 Å². The lowest BCUT2D eigenvalue weighted by Crippen LogP contribution is -2.22. The lowest BCUT2D eigenvalue weighted by Gasteiger charge is -2.21. The molecule has 1 aliphatic carbocycles. The van der Waals surface area contributed by atoms with Crippen molar-refractivity contribution in [3.05, 3.63) is 94.0 Å². The van der Waals surface area contributed by atoms with Crippen LogP contribution < -0.4 is 5.32 Å². The Bertz CT molecular complexity index is 1030. The first-order chi connectivity index (χ1) is 12.1. The zero-order chi connectivity index (χ0) is 17.6. The first-order valence-electron chi connectivity index (χ1n) is 8.22. The van der Waals surface area contributed by atoms with Crippen molar-refractivity contribution in [3.63, 3.8) is 0 Å². The molecule has 3 aromatic rings. The maximum atomic E-state index is 13.0. The number of aryl methyl sites for hydroxylation is 2. The van der Waals surface area contributed by atoms with Gasteiger partial charge in [0, 0.05) is 22.4 Å². The molecule has 1 N–H and O–H groups in total. The molecule has 0 atom stereocenters. The molecule has 122 valence electrons. The maximum Gasteiger partial charge on any atom is 0.196 e. The monoisotopic (exact) mass is 327 g/mol. The highest BCUT2D eigenvalue weighted by molar-refractivity contribution is 6.30. The van der Waals surface area contributed by atoms with Crippen LogP contribution in [0, 0.1) is 13.8 Å². The molecule has 0 aromatic heterocycles. The standard InChI is InChI=1S/C22H17NO2/c1-13-10-11-18(14(2)12-13)23-19-9-5-8-17-20(19)22(25)16-7-4-3-6-15(16)21(17)24/h3-12,23H,1-2H3. The molecule has 1 aliphatic rings. The van der Waals surface area contributed by atoms with E-state index in [9.17, 15) is 9.59 Å². The Morgan fingerprint density at radius 2 is 1.36 bits per heavy atom. The van der Waals surface area contributed by atoms with Gasteiger partial charge >= 0.3 is 0 Å². The van der Waals surface area contributed by atoms with Crippen molar-refractivity contribution in [2.24, 2.45) is 0 Å². The average Bonchev–Trinajstić information content (AvgIpc) is 2.62. The molecule has 0 fully saturated rings. The minimum atomic E-state index is -0.113. The number of carbonyl (C=O) groups excluding carboxylic acids is 2. The summed E-state index contributed by atoms with van der Waals surface area (Å²) >= 11 is 0. The first kappa shape index (κ1) is 15.3. The van der Waals surface area contributed by atoms with Crippen LogP contribution in [0.3, 0.4) is 0 Å². The normalized spacial score (nSPS) is 12.6. The van der Waals surface area contributed by atoms with Gasteiger partial charge in [0.05, 0.1) is 11.3 Å². The Morgan fingerprint density at radius 1 is 0.680 bits per heavy atom. The van der Waals surface area contributed by atoms with Gasteiger partial charge in [-0.05, 0) is 31.5 Å². The molecule has 0 spiro atoms. The van der Waals surface area contributed by atoms with Gasteiger partial charge in [-0.15, -0.1) is 0 Å². The summed E-state index contributed by atoms with van der Waals surface area (Å²) in [6.07, 6.45) is 0. The summed E-state index contributed by atoms with van der Waals surface area (Å²) < 4.78 is 0. The van der Waals surface area contributed by atoms with Gasteiger partial charge in [0.1, 0.15) is 0 Å². The highest BCUT2D eigenvalue weighted by Crippen LogP contribution is 2.33. The van der Waals surface area contributed by atoms with E-state index in [0.29, 0.717) is 27.9 Å². The van der Waals surface area contributed by atoms with Crippen molar-refractivity contribution in [2.75, 3.05) is 5.32 Å². The number of nitrogens with one attached hydrogen (secondary N) is 1. The van der Waals surface area contributed by atoms with Crippen LogP contribution in [0.25, 0.3) is 0 Å². The van der Waals surface area contributed by atoms with Crippen LogP contribution in [0.5, 0.6) is 0 Å². The van der Waals surface area contributed by atoms with Crippen LogP contribution in [-0.4, -0.2) is 11.6 Å². The lowest BCUT2D eigenvalue weighted by atomic mass is 9.83. The third kappa shape index (κ3) is 2.45. The van der Waals surface area contributed by atoms with E-state index >= 15 is 0 Å². The van der Waals surface area contributed by atoms with Crippen LogP contribution in [-0.2, 0) is 0 Å². The van der Waals surface area contributed by atoms with Gasteiger partial charge in [-0.2, -0.15) is 0 Å². The van der Waals surface area contributed by atoms with E-state index in [1.807, 2.05) is 38.1 Å². The number of hydrogen-bond donors (Lipinski definition) is 1. The third-order valence-electron chi connectivity index (χ3n) is 4.60. The molecule has 4 rings (SSSR count). The molecule has 0 unspecified atom stereocenters. The van der Waals surface area contributed by atoms with Gasteiger partial charge in [0.15, 0.2) is 11.6 Å². The van der Waals surface area contributed by atoms with Crippen LogP contribution >= 0.6 is 0 Å². The summed E-state index contributed by atoms with van der Waals surface area (Å²) in [6, 6.07) is 18.5. The van der Waals surface area contributed by atoms with Gasteiger partial charge in [-0.1, -0.05) is 54.1 Å². The SMILES string of the molecule is Cc1ccc(Nc2cccc3c2C(=O)c2ccccc2C3=O)c(C)c1. The molecule has 0 saturated carbocycles. The molecule has 3 heteroatoms. The van der Waals surface area contributed by atoms with Gasteiger partial charge in [0.25, 0.3) is 0 Å². The second-order valence-electron chi connectivity index (χ2n) is 6.38. The topological polar surface area (TPSA) is 46.2 Å². The van der Waals surface area contributed by atoms with Crippen LogP contribution in [0.4, 0.5) is 11.4 Å². The average molecular weight is 327 g/mol. The summed E-state index contributed by atoms with van der Waals surface area (Å²) in [5.41, 5.74) is 5.71. The first-order valence-corrected chi connectivity index (χ1v) is 8.22. The molecule has 0 bridgehead atoms. The molecular weight excluding hydrogens is 310 g/mol. The Kier molecular flexibility index (Phi) is 3.50. The fourth-order valence-electron chi connectivity index (χ4n) is 3.35. The van der Waals surface area contributed by atoms with E-state index < -0.39 is 0 Å². The van der Waals surface area contributed by atoms with Crippen molar-refractivity contribution < 1.29 is 9.59 Å². The zero-order valence-electron chi connectivity index (χ0n) is 14.1. The minimum Gasteiger partial charge on any atom is -0.355 e. The predicted octanol–water partition coefficient (Wildman–Crippen LogP) is 4.82. The Morgan fingerprint density at radius 3 is 2.08 bits per heavy atom. The van der Waals surface area contributed by atoms with Crippen molar-refractivity contribution in [3.8, 4) is 0 Å². The highest BCUT2D eigenvalue weighted by atomic mass is 16.1. The molecule has 0 radical (unpaired) electrons. The number of anilines is 2. The molecular formula is C22H17NO2. The Labute approximate surface area is 146 Å². The van der Waals surface area contributed by atoms with Crippen LogP contribution in [0.1, 0.15) is 43.0 Å². The number of benzene rings is 3. The summed E-state index contributed by atoms with van der Waals surface area (Å²) in [6.45, 7) is 4.06. The van der Waals surface area contributed by atoms with Gasteiger partial charge in [-0.3, -0.25) is 9.59 Å². The number of fused-ring (bicyclic) bond motifs is 2. The van der Waals surface area contributed by atoms with Crippen molar-refractivity contribution in [1.82, 2.24) is 0 Å². The lowest BCUT2D eigenvalue weighted by molar-refractivity contribution is 0.0979. The molecule has 25 heavy (non-hydrogen) atoms. The highest BCUT2D eigenvalue weighted by Gasteiger charge is 2.31. The largest absolute Gasteiger partial charge is 0.355 e. The summed E-state index contributed by atoms with van der Waals surface area (Å²) in [5.74, 6) is -0.215. The Hall–Kier alpha value is -3.20. The number of ketones is 2. The summed E-state index contributed by atoms with van der Waals surface area (Å²) in [7, 11) is 0. The van der Waals surface area contributed by atoms with E-state index in [2.05, 4.69) is 11.4 Å². The number of hydrogen-bond acceptors (Lipinski definition) is 3. The van der Waals surface area contributed by atoms with Gasteiger partial charge in [0.2, 0.25) is 0 Å². The molecule has 3 nitrogen and oxygen atoms in total.